The van der Waals surface area contributed by atoms with Crippen LogP contribution in [0.5, 0.6) is 0 Å². The largest absolute Gasteiger partial charge is 0.410 e. The molecule has 0 spiro atoms. The van der Waals surface area contributed by atoms with E-state index in [9.17, 15) is 0 Å². The van der Waals surface area contributed by atoms with Crippen LogP contribution in [0.2, 0.25) is 5.02 Å². The molecule has 0 fully saturated rings. The fourth-order valence-corrected chi connectivity index (χ4v) is 3.68. The molecule has 0 unspecified atom stereocenters. The summed E-state index contributed by atoms with van der Waals surface area (Å²) in [6.45, 7) is 1.78. The third-order valence-corrected chi connectivity index (χ3v) is 5.08. The number of thiophene rings is 1. The Morgan fingerprint density at radius 2 is 2.20 bits per heavy atom. The van der Waals surface area contributed by atoms with Crippen molar-refractivity contribution in [2.24, 2.45) is 0 Å². The Hall–Kier alpha value is -1.55. The van der Waals surface area contributed by atoms with Gasteiger partial charge in [-0.3, -0.25) is 0 Å². The lowest BCUT2D eigenvalue weighted by molar-refractivity contribution is 0.466. The molecule has 1 aromatic carbocycles. The minimum Gasteiger partial charge on any atom is -0.410 e. The molecule has 0 aliphatic heterocycles. The Morgan fingerprint density at radius 3 is 2.95 bits per heavy atom. The highest BCUT2D eigenvalue weighted by Gasteiger charge is 2.18. The number of hydrogen-bond donors (Lipinski definition) is 0. The first kappa shape index (κ1) is 13.4. The maximum atomic E-state index is 8.78. The molecule has 0 saturated heterocycles. The summed E-state index contributed by atoms with van der Waals surface area (Å²) < 4.78 is 6.64. The van der Waals surface area contributed by atoms with E-state index in [0.29, 0.717) is 16.1 Å². The summed E-state index contributed by atoms with van der Waals surface area (Å²) >= 11 is 9.10. The second-order valence-corrected chi connectivity index (χ2v) is 6.73. The molecule has 0 N–H and O–H groups in total. The average molecular weight is 322 g/mol. The summed E-state index contributed by atoms with van der Waals surface area (Å²) in [5, 5.41) is 18.5. The molecule has 0 aliphatic carbocycles. The Balaban J connectivity index is 1.99. The van der Waals surface area contributed by atoms with Gasteiger partial charge in [-0.15, -0.1) is 21.5 Å². The van der Waals surface area contributed by atoms with E-state index in [0.717, 1.165) is 15.0 Å². The summed E-state index contributed by atoms with van der Waals surface area (Å²) in [7, 11) is 0. The highest BCUT2D eigenvalue weighted by Crippen LogP contribution is 2.41. The van der Waals surface area contributed by atoms with Gasteiger partial charge in [-0.25, -0.2) is 0 Å². The number of nitrogens with zero attached hydrogens (tertiary/aromatic N) is 3. The fraction of sp³-hybridized carbons (Fsp3) is 0.154. The molecule has 0 saturated carbocycles. The molecular formula is C13H8ClN3OS2. The zero-order valence-corrected chi connectivity index (χ0v) is 12.7. The van der Waals surface area contributed by atoms with Gasteiger partial charge in [0.1, 0.15) is 4.88 Å². The minimum atomic E-state index is -0.235. The van der Waals surface area contributed by atoms with E-state index < -0.39 is 0 Å². The van der Waals surface area contributed by atoms with E-state index in [1.807, 2.05) is 24.3 Å². The van der Waals surface area contributed by atoms with Crippen molar-refractivity contribution in [3.05, 3.63) is 29.3 Å². The van der Waals surface area contributed by atoms with Crippen molar-refractivity contribution in [3.63, 3.8) is 0 Å². The van der Waals surface area contributed by atoms with E-state index in [-0.39, 0.29) is 5.25 Å². The van der Waals surface area contributed by atoms with Gasteiger partial charge in [-0.2, -0.15) is 5.26 Å². The van der Waals surface area contributed by atoms with Gasteiger partial charge < -0.3 is 4.42 Å². The van der Waals surface area contributed by atoms with Crippen LogP contribution in [0.1, 0.15) is 6.92 Å². The monoisotopic (exact) mass is 321 g/mol. The maximum absolute atomic E-state index is 8.78. The zero-order valence-electron chi connectivity index (χ0n) is 10.3. The third-order valence-electron chi connectivity index (χ3n) is 2.60. The molecule has 0 radical (unpaired) electrons. The number of rotatable bonds is 3. The predicted octanol–water partition coefficient (Wildman–Crippen LogP) is 4.61. The summed E-state index contributed by atoms with van der Waals surface area (Å²) in [6, 6.07) is 9.97. The van der Waals surface area contributed by atoms with Crippen LogP contribution in [-0.4, -0.2) is 15.4 Å². The topological polar surface area (TPSA) is 62.7 Å². The number of hydrogen-bond acceptors (Lipinski definition) is 6. The van der Waals surface area contributed by atoms with Crippen LogP contribution >= 0.6 is 34.7 Å². The van der Waals surface area contributed by atoms with Crippen LogP contribution in [0.25, 0.3) is 20.9 Å². The number of thioether (sulfide) groups is 1. The molecule has 2 aromatic heterocycles. The molecule has 7 heteroatoms. The van der Waals surface area contributed by atoms with Crippen LogP contribution < -0.4 is 0 Å². The lowest BCUT2D eigenvalue weighted by Crippen LogP contribution is -1.88. The van der Waals surface area contributed by atoms with Crippen LogP contribution in [0, 0.1) is 11.3 Å². The Labute approximate surface area is 128 Å². The van der Waals surface area contributed by atoms with Gasteiger partial charge in [0.25, 0.3) is 11.1 Å². The standard InChI is InChI=1S/C13H8ClN3OS2/c1-7(6-15)19-13-17-16-12(18-13)11-10(14)8-4-2-3-5-9(8)20-11/h2-5,7H,1H3/t7-/m0/s1. The molecule has 4 nitrogen and oxygen atoms in total. The summed E-state index contributed by atoms with van der Waals surface area (Å²) in [4.78, 5) is 0.761. The second-order valence-electron chi connectivity index (χ2n) is 4.00. The molecule has 3 aromatic rings. The highest BCUT2D eigenvalue weighted by molar-refractivity contribution is 7.99. The van der Waals surface area contributed by atoms with Crippen molar-refractivity contribution in [3.8, 4) is 16.8 Å². The lowest BCUT2D eigenvalue weighted by atomic mass is 10.2. The van der Waals surface area contributed by atoms with Gasteiger partial charge in [-0.05, 0) is 24.8 Å². The van der Waals surface area contributed by atoms with Gasteiger partial charge in [-0.1, -0.05) is 29.8 Å². The molecule has 100 valence electrons. The first-order chi connectivity index (χ1) is 9.69. The minimum absolute atomic E-state index is 0.235. The summed E-state index contributed by atoms with van der Waals surface area (Å²) in [6.07, 6.45) is 0. The predicted molar refractivity (Wildman–Crippen MR) is 81.1 cm³/mol. The van der Waals surface area contributed by atoms with Crippen molar-refractivity contribution in [2.45, 2.75) is 17.4 Å². The zero-order chi connectivity index (χ0) is 14.1. The molecule has 0 amide bonds. The first-order valence-corrected chi connectivity index (χ1v) is 7.83. The van der Waals surface area contributed by atoms with Gasteiger partial charge >= 0.3 is 0 Å². The molecule has 2 heterocycles. The van der Waals surface area contributed by atoms with Gasteiger partial charge in [0.2, 0.25) is 0 Å². The number of fused-ring (bicyclic) bond motifs is 1. The molecule has 1 atom stereocenters. The number of nitriles is 1. The van der Waals surface area contributed by atoms with Crippen LogP contribution in [0.3, 0.4) is 0 Å². The Bertz CT molecular complexity index is 805. The number of aromatic nitrogens is 2. The second kappa shape index (κ2) is 5.44. The highest BCUT2D eigenvalue weighted by atomic mass is 35.5. The molecule has 0 aliphatic rings. The first-order valence-electron chi connectivity index (χ1n) is 5.76. The van der Waals surface area contributed by atoms with Gasteiger partial charge in [0.05, 0.1) is 16.3 Å². The maximum Gasteiger partial charge on any atom is 0.278 e. The van der Waals surface area contributed by atoms with E-state index in [4.69, 9.17) is 21.3 Å². The average Bonchev–Trinajstić information content (AvgIpc) is 3.04. The fourth-order valence-electron chi connectivity index (χ4n) is 1.68. The smallest absolute Gasteiger partial charge is 0.278 e. The molecular weight excluding hydrogens is 314 g/mol. The summed E-state index contributed by atoms with van der Waals surface area (Å²) in [5.41, 5.74) is 0. The van der Waals surface area contributed by atoms with E-state index in [2.05, 4.69) is 16.3 Å². The number of halogens is 1. The normalized spacial score (nSPS) is 12.4. The van der Waals surface area contributed by atoms with Crippen molar-refractivity contribution in [1.29, 1.82) is 5.26 Å². The Kier molecular flexibility index (Phi) is 3.66. The summed E-state index contributed by atoms with van der Waals surface area (Å²) in [5.74, 6) is 0.392. The lowest BCUT2D eigenvalue weighted by Gasteiger charge is -1.94. The number of benzene rings is 1. The van der Waals surface area contributed by atoms with Gasteiger partial charge in [0.15, 0.2) is 0 Å². The molecule has 0 bridgehead atoms. The quantitative estimate of drug-likeness (QED) is 0.659. The van der Waals surface area contributed by atoms with Crippen LogP contribution in [0.4, 0.5) is 0 Å². The van der Waals surface area contributed by atoms with E-state index >= 15 is 0 Å². The SMILES string of the molecule is C[C@@H](C#N)Sc1nnc(-c2sc3ccccc3c2Cl)o1. The third kappa shape index (κ3) is 2.40. The van der Waals surface area contributed by atoms with Crippen molar-refractivity contribution >= 4 is 44.8 Å². The molecule has 20 heavy (non-hydrogen) atoms. The van der Waals surface area contributed by atoms with Crippen molar-refractivity contribution < 1.29 is 4.42 Å². The van der Waals surface area contributed by atoms with E-state index in [1.165, 1.54) is 23.1 Å². The van der Waals surface area contributed by atoms with Crippen molar-refractivity contribution in [2.75, 3.05) is 0 Å². The Morgan fingerprint density at radius 1 is 1.40 bits per heavy atom. The van der Waals surface area contributed by atoms with E-state index in [1.54, 1.807) is 6.92 Å². The van der Waals surface area contributed by atoms with Gasteiger partial charge in [0, 0.05) is 10.1 Å². The van der Waals surface area contributed by atoms with Crippen LogP contribution in [-0.2, 0) is 0 Å². The van der Waals surface area contributed by atoms with Crippen molar-refractivity contribution in [1.82, 2.24) is 10.2 Å². The van der Waals surface area contributed by atoms with Crippen LogP contribution in [0.15, 0.2) is 33.9 Å². The molecule has 3 rings (SSSR count).